The van der Waals surface area contributed by atoms with Crippen molar-refractivity contribution in [2.24, 2.45) is 17.8 Å². The maximum absolute atomic E-state index is 11.9. The molecular formula is C18H30F2O3. The van der Waals surface area contributed by atoms with E-state index in [4.69, 9.17) is 14.2 Å². The lowest BCUT2D eigenvalue weighted by molar-refractivity contribution is -0.224. The number of hydrogen-bond acceptors (Lipinski definition) is 3. The predicted molar refractivity (Wildman–Crippen MR) is 85.0 cm³/mol. The van der Waals surface area contributed by atoms with Crippen LogP contribution in [0.3, 0.4) is 0 Å². The van der Waals surface area contributed by atoms with E-state index < -0.39 is 12.4 Å². The van der Waals surface area contributed by atoms with Crippen LogP contribution in [0.4, 0.5) is 8.78 Å². The van der Waals surface area contributed by atoms with Gasteiger partial charge in [0, 0.05) is 5.92 Å². The summed E-state index contributed by atoms with van der Waals surface area (Å²) < 4.78 is 39.7. The molecule has 2 aliphatic rings. The minimum absolute atomic E-state index is 0.0221. The summed E-state index contributed by atoms with van der Waals surface area (Å²) in [6.07, 6.45) is 8.69. The van der Waals surface area contributed by atoms with Crippen molar-refractivity contribution < 1.29 is 23.0 Å². The SMILES string of the molecule is CCCCCC1CCC(C2COC(COC=C(F)F)OC2)CC1. The summed E-state index contributed by atoms with van der Waals surface area (Å²) >= 11 is 0. The van der Waals surface area contributed by atoms with E-state index in [1.807, 2.05) is 0 Å². The van der Waals surface area contributed by atoms with Crippen LogP contribution in [0.25, 0.3) is 0 Å². The predicted octanol–water partition coefficient (Wildman–Crippen LogP) is 5.12. The van der Waals surface area contributed by atoms with Crippen LogP contribution in [0.15, 0.2) is 12.3 Å². The van der Waals surface area contributed by atoms with Crippen molar-refractivity contribution >= 4 is 0 Å². The molecule has 0 unspecified atom stereocenters. The molecule has 1 saturated carbocycles. The second-order valence-corrected chi connectivity index (χ2v) is 6.87. The molecule has 0 spiro atoms. The second kappa shape index (κ2) is 10.2. The van der Waals surface area contributed by atoms with Gasteiger partial charge in [-0.1, -0.05) is 45.4 Å². The molecule has 3 nitrogen and oxygen atoms in total. The van der Waals surface area contributed by atoms with Gasteiger partial charge in [0.1, 0.15) is 12.9 Å². The lowest BCUT2D eigenvalue weighted by Crippen LogP contribution is -2.39. The molecule has 0 aromatic carbocycles. The summed E-state index contributed by atoms with van der Waals surface area (Å²) in [7, 11) is 0. The minimum Gasteiger partial charge on any atom is -0.490 e. The van der Waals surface area contributed by atoms with Gasteiger partial charge in [0.2, 0.25) is 0 Å². The first kappa shape index (κ1) is 18.7. The lowest BCUT2D eigenvalue weighted by Gasteiger charge is -2.37. The Morgan fingerprint density at radius 2 is 1.74 bits per heavy atom. The molecule has 0 atom stereocenters. The molecule has 2 rings (SSSR count). The molecule has 1 aliphatic carbocycles. The van der Waals surface area contributed by atoms with Gasteiger partial charge >= 0.3 is 6.08 Å². The highest BCUT2D eigenvalue weighted by atomic mass is 19.3. The summed E-state index contributed by atoms with van der Waals surface area (Å²) in [5.41, 5.74) is 0. The Balaban J connectivity index is 1.60. The minimum atomic E-state index is -1.84. The zero-order valence-corrected chi connectivity index (χ0v) is 14.1. The smallest absolute Gasteiger partial charge is 0.304 e. The van der Waals surface area contributed by atoms with Crippen molar-refractivity contribution in [1.82, 2.24) is 0 Å². The molecule has 0 amide bonds. The Morgan fingerprint density at radius 1 is 1.04 bits per heavy atom. The van der Waals surface area contributed by atoms with Crippen LogP contribution in [-0.2, 0) is 14.2 Å². The normalized spacial score (nSPS) is 31.6. The average molecular weight is 332 g/mol. The molecule has 1 aliphatic heterocycles. The van der Waals surface area contributed by atoms with Gasteiger partial charge in [-0.25, -0.2) is 0 Å². The first-order valence-corrected chi connectivity index (χ1v) is 9.05. The van der Waals surface area contributed by atoms with E-state index in [1.165, 1.54) is 51.4 Å². The van der Waals surface area contributed by atoms with Gasteiger partial charge in [-0.2, -0.15) is 8.78 Å². The fraction of sp³-hybridized carbons (Fsp3) is 0.889. The van der Waals surface area contributed by atoms with E-state index in [0.29, 0.717) is 31.3 Å². The number of ether oxygens (including phenoxy) is 3. The van der Waals surface area contributed by atoms with Gasteiger partial charge in [-0.05, 0) is 24.7 Å². The van der Waals surface area contributed by atoms with Crippen molar-refractivity contribution in [1.29, 1.82) is 0 Å². The molecule has 2 fully saturated rings. The monoisotopic (exact) mass is 332 g/mol. The highest BCUT2D eigenvalue weighted by molar-refractivity contribution is 4.79. The van der Waals surface area contributed by atoms with Gasteiger partial charge in [0.25, 0.3) is 0 Å². The van der Waals surface area contributed by atoms with E-state index in [2.05, 4.69) is 6.92 Å². The summed E-state index contributed by atoms with van der Waals surface area (Å²) in [6, 6.07) is 0. The Morgan fingerprint density at radius 3 is 2.35 bits per heavy atom. The van der Waals surface area contributed by atoms with Gasteiger partial charge in [-0.3, -0.25) is 0 Å². The molecule has 1 saturated heterocycles. The quantitative estimate of drug-likeness (QED) is 0.456. The number of hydrogen-bond donors (Lipinski definition) is 0. The van der Waals surface area contributed by atoms with Gasteiger partial charge in [0.05, 0.1) is 13.2 Å². The van der Waals surface area contributed by atoms with Gasteiger partial charge in [0.15, 0.2) is 6.29 Å². The number of unbranched alkanes of at least 4 members (excludes halogenated alkanes) is 2. The van der Waals surface area contributed by atoms with Crippen molar-refractivity contribution in [3.05, 3.63) is 12.3 Å². The van der Waals surface area contributed by atoms with Crippen molar-refractivity contribution in [2.45, 2.75) is 64.6 Å². The standard InChI is InChI=1S/C18H30F2O3/c1-2-3-4-5-14-6-8-15(9-7-14)16-10-22-18(23-11-16)13-21-12-17(19)20/h12,14-16,18H,2-11,13H2,1H3. The van der Waals surface area contributed by atoms with Gasteiger partial charge in [-0.15, -0.1) is 0 Å². The number of rotatable bonds is 8. The molecular weight excluding hydrogens is 302 g/mol. The average Bonchev–Trinajstić information content (AvgIpc) is 2.56. The third kappa shape index (κ3) is 6.76. The third-order valence-electron chi connectivity index (χ3n) is 5.17. The molecule has 1 heterocycles. The largest absolute Gasteiger partial charge is 0.490 e. The van der Waals surface area contributed by atoms with E-state index in [1.54, 1.807) is 0 Å². The van der Waals surface area contributed by atoms with E-state index in [-0.39, 0.29) is 6.61 Å². The topological polar surface area (TPSA) is 27.7 Å². The van der Waals surface area contributed by atoms with Gasteiger partial charge < -0.3 is 14.2 Å². The highest BCUT2D eigenvalue weighted by Crippen LogP contribution is 2.37. The molecule has 134 valence electrons. The zero-order valence-electron chi connectivity index (χ0n) is 14.1. The maximum Gasteiger partial charge on any atom is 0.304 e. The summed E-state index contributed by atoms with van der Waals surface area (Å²) in [4.78, 5) is 0. The van der Waals surface area contributed by atoms with Crippen LogP contribution >= 0.6 is 0 Å². The van der Waals surface area contributed by atoms with Crippen LogP contribution < -0.4 is 0 Å². The fourth-order valence-corrected chi connectivity index (χ4v) is 3.75. The molecule has 0 N–H and O–H groups in total. The first-order valence-electron chi connectivity index (χ1n) is 9.05. The van der Waals surface area contributed by atoms with Crippen LogP contribution in [0.1, 0.15) is 58.3 Å². The van der Waals surface area contributed by atoms with Crippen LogP contribution in [-0.4, -0.2) is 26.1 Å². The Labute approximate surface area is 138 Å². The Kier molecular flexibility index (Phi) is 8.31. The molecule has 0 bridgehead atoms. The summed E-state index contributed by atoms with van der Waals surface area (Å²) in [5, 5.41) is 0. The van der Waals surface area contributed by atoms with Crippen molar-refractivity contribution in [3.8, 4) is 0 Å². The summed E-state index contributed by atoms with van der Waals surface area (Å²) in [5.74, 6) is 2.03. The van der Waals surface area contributed by atoms with E-state index >= 15 is 0 Å². The number of halogens is 2. The highest BCUT2D eigenvalue weighted by Gasteiger charge is 2.31. The lowest BCUT2D eigenvalue weighted by atomic mass is 9.74. The zero-order chi connectivity index (χ0) is 16.5. The van der Waals surface area contributed by atoms with E-state index in [0.717, 1.165) is 5.92 Å². The second-order valence-electron chi connectivity index (χ2n) is 6.87. The van der Waals surface area contributed by atoms with E-state index in [9.17, 15) is 8.78 Å². The first-order chi connectivity index (χ1) is 11.2. The Hall–Kier alpha value is -0.680. The van der Waals surface area contributed by atoms with Crippen LogP contribution in [0, 0.1) is 17.8 Å². The molecule has 0 radical (unpaired) electrons. The third-order valence-corrected chi connectivity index (χ3v) is 5.17. The Bertz CT molecular complexity index is 342. The van der Waals surface area contributed by atoms with Crippen LogP contribution in [0.2, 0.25) is 0 Å². The molecule has 0 aromatic rings. The maximum atomic E-state index is 11.9. The van der Waals surface area contributed by atoms with Crippen molar-refractivity contribution in [3.63, 3.8) is 0 Å². The van der Waals surface area contributed by atoms with Crippen LogP contribution in [0.5, 0.6) is 0 Å². The molecule has 23 heavy (non-hydrogen) atoms. The van der Waals surface area contributed by atoms with Crippen molar-refractivity contribution in [2.75, 3.05) is 19.8 Å². The molecule has 0 aromatic heterocycles. The summed E-state index contributed by atoms with van der Waals surface area (Å²) in [6.45, 7) is 3.58. The molecule has 5 heteroatoms. The fourth-order valence-electron chi connectivity index (χ4n) is 3.75.